The first kappa shape index (κ1) is 16.5. The molecule has 4 heteroatoms. The molecule has 1 atom stereocenters. The smallest absolute Gasteiger partial charge is 0.264 e. The minimum absolute atomic E-state index is 0.0246. The predicted molar refractivity (Wildman–Crippen MR) is 88.0 cm³/mol. The van der Waals surface area contributed by atoms with Crippen molar-refractivity contribution in [3.63, 3.8) is 0 Å². The van der Waals surface area contributed by atoms with E-state index in [1.807, 2.05) is 6.92 Å². The number of hydrogen-bond acceptors (Lipinski definition) is 3. The molecular weight excluding hydrogens is 282 g/mol. The van der Waals surface area contributed by atoms with Gasteiger partial charge in [0.15, 0.2) is 0 Å². The van der Waals surface area contributed by atoms with E-state index in [-0.39, 0.29) is 12.5 Å². The Hall–Kier alpha value is -0.870. The number of rotatable bonds is 4. The standard InChI is InChI=1S/C17H27NO2S/c1-5-18(8-9-19)16(20)15-11-12-10-13(17(2,3)4)6-7-14(12)21-15/h11,13,19H,5-10H2,1-4H3. The van der Waals surface area contributed by atoms with E-state index in [2.05, 4.69) is 26.8 Å². The number of nitrogens with zero attached hydrogens (tertiary/aromatic N) is 1. The van der Waals surface area contributed by atoms with Crippen LogP contribution < -0.4 is 0 Å². The van der Waals surface area contributed by atoms with Gasteiger partial charge in [-0.05, 0) is 49.1 Å². The average molecular weight is 309 g/mol. The fraction of sp³-hybridized carbons (Fsp3) is 0.706. The van der Waals surface area contributed by atoms with Gasteiger partial charge in [0, 0.05) is 18.0 Å². The summed E-state index contributed by atoms with van der Waals surface area (Å²) in [6, 6.07) is 2.10. The number of carbonyl (C=O) groups is 1. The normalized spacial score (nSPS) is 18.4. The summed E-state index contributed by atoms with van der Waals surface area (Å²) in [5.41, 5.74) is 1.70. The molecule has 0 radical (unpaired) electrons. The summed E-state index contributed by atoms with van der Waals surface area (Å²) < 4.78 is 0. The molecular formula is C17H27NO2S. The van der Waals surface area contributed by atoms with Gasteiger partial charge in [-0.1, -0.05) is 20.8 Å². The second kappa shape index (κ2) is 6.49. The van der Waals surface area contributed by atoms with Crippen LogP contribution in [-0.4, -0.2) is 35.6 Å². The lowest BCUT2D eigenvalue weighted by Gasteiger charge is -2.33. The molecule has 1 aromatic heterocycles. The number of amides is 1. The van der Waals surface area contributed by atoms with Crippen molar-refractivity contribution in [2.24, 2.45) is 11.3 Å². The molecule has 1 aliphatic rings. The van der Waals surface area contributed by atoms with Crippen molar-refractivity contribution in [3.05, 3.63) is 21.4 Å². The van der Waals surface area contributed by atoms with E-state index in [9.17, 15) is 4.79 Å². The van der Waals surface area contributed by atoms with Gasteiger partial charge < -0.3 is 10.0 Å². The molecule has 0 saturated heterocycles. The Balaban J connectivity index is 2.16. The maximum atomic E-state index is 12.5. The van der Waals surface area contributed by atoms with Crippen LogP contribution in [0.5, 0.6) is 0 Å². The summed E-state index contributed by atoms with van der Waals surface area (Å²) in [4.78, 5) is 16.4. The molecule has 1 unspecified atom stereocenters. The van der Waals surface area contributed by atoms with Gasteiger partial charge in [0.2, 0.25) is 0 Å². The Morgan fingerprint density at radius 3 is 2.76 bits per heavy atom. The summed E-state index contributed by atoms with van der Waals surface area (Å²) in [6.07, 6.45) is 3.41. The Kier molecular flexibility index (Phi) is 5.10. The minimum atomic E-state index is 0.0246. The molecule has 3 nitrogen and oxygen atoms in total. The lowest BCUT2D eigenvalue weighted by atomic mass is 9.72. The first-order valence-electron chi connectivity index (χ1n) is 7.88. The van der Waals surface area contributed by atoms with Crippen LogP contribution in [0.2, 0.25) is 0 Å². The molecule has 0 saturated carbocycles. The quantitative estimate of drug-likeness (QED) is 0.926. The number of aryl methyl sites for hydroxylation is 1. The first-order chi connectivity index (χ1) is 9.86. The van der Waals surface area contributed by atoms with Gasteiger partial charge in [-0.25, -0.2) is 0 Å². The lowest BCUT2D eigenvalue weighted by Crippen LogP contribution is -2.32. The van der Waals surface area contributed by atoms with Crippen molar-refractivity contribution in [1.29, 1.82) is 0 Å². The highest BCUT2D eigenvalue weighted by Crippen LogP contribution is 2.40. The van der Waals surface area contributed by atoms with Gasteiger partial charge >= 0.3 is 0 Å². The van der Waals surface area contributed by atoms with Crippen LogP contribution in [-0.2, 0) is 12.8 Å². The van der Waals surface area contributed by atoms with Crippen LogP contribution >= 0.6 is 11.3 Å². The molecule has 0 bridgehead atoms. The topological polar surface area (TPSA) is 40.5 Å². The number of aliphatic hydroxyl groups excluding tert-OH is 1. The van der Waals surface area contributed by atoms with Crippen molar-refractivity contribution in [2.75, 3.05) is 19.7 Å². The number of carbonyl (C=O) groups excluding carboxylic acids is 1. The molecule has 1 amide bonds. The molecule has 2 rings (SSSR count). The van der Waals surface area contributed by atoms with Crippen molar-refractivity contribution in [2.45, 2.75) is 47.0 Å². The van der Waals surface area contributed by atoms with Gasteiger partial charge in [0.05, 0.1) is 11.5 Å². The Labute approximate surface area is 132 Å². The number of likely N-dealkylation sites (N-methyl/N-ethyl adjacent to an activating group) is 1. The number of fused-ring (bicyclic) bond motifs is 1. The number of thiophene rings is 1. The lowest BCUT2D eigenvalue weighted by molar-refractivity contribution is 0.0736. The van der Waals surface area contributed by atoms with Crippen LogP contribution in [0.1, 0.15) is 54.2 Å². The van der Waals surface area contributed by atoms with Crippen LogP contribution in [0.3, 0.4) is 0 Å². The second-order valence-corrected chi connectivity index (χ2v) is 8.11. The zero-order valence-electron chi connectivity index (χ0n) is 13.6. The van der Waals surface area contributed by atoms with Gasteiger partial charge in [0.25, 0.3) is 5.91 Å². The molecule has 0 aliphatic heterocycles. The molecule has 1 aliphatic carbocycles. The van der Waals surface area contributed by atoms with E-state index in [1.54, 1.807) is 16.2 Å². The maximum Gasteiger partial charge on any atom is 0.264 e. The minimum Gasteiger partial charge on any atom is -0.395 e. The van der Waals surface area contributed by atoms with Crippen LogP contribution in [0.4, 0.5) is 0 Å². The third-order valence-corrected chi connectivity index (χ3v) is 5.78. The van der Waals surface area contributed by atoms with Crippen molar-refractivity contribution >= 4 is 17.2 Å². The van der Waals surface area contributed by atoms with Crippen molar-refractivity contribution in [3.8, 4) is 0 Å². The number of hydrogen-bond donors (Lipinski definition) is 1. The zero-order valence-corrected chi connectivity index (χ0v) is 14.4. The van der Waals surface area contributed by atoms with E-state index in [4.69, 9.17) is 5.11 Å². The van der Waals surface area contributed by atoms with Gasteiger partial charge in [0.1, 0.15) is 0 Å². The summed E-state index contributed by atoms with van der Waals surface area (Å²) in [7, 11) is 0. The van der Waals surface area contributed by atoms with E-state index in [1.165, 1.54) is 16.9 Å². The fourth-order valence-electron chi connectivity index (χ4n) is 3.05. The average Bonchev–Trinajstić information content (AvgIpc) is 2.85. The van der Waals surface area contributed by atoms with Crippen molar-refractivity contribution < 1.29 is 9.90 Å². The van der Waals surface area contributed by atoms with E-state index in [0.29, 0.717) is 24.4 Å². The molecule has 1 N–H and O–H groups in total. The molecule has 1 heterocycles. The van der Waals surface area contributed by atoms with Gasteiger partial charge in [-0.2, -0.15) is 0 Å². The SMILES string of the molecule is CCN(CCO)C(=O)c1cc2c(s1)CCC(C(C)(C)C)C2. The third kappa shape index (κ3) is 3.67. The number of aliphatic hydroxyl groups is 1. The van der Waals surface area contributed by atoms with Crippen LogP contribution in [0, 0.1) is 11.3 Å². The van der Waals surface area contributed by atoms with E-state index >= 15 is 0 Å². The molecule has 0 spiro atoms. The van der Waals surface area contributed by atoms with Crippen molar-refractivity contribution in [1.82, 2.24) is 4.90 Å². The maximum absolute atomic E-state index is 12.5. The second-order valence-electron chi connectivity index (χ2n) is 6.97. The summed E-state index contributed by atoms with van der Waals surface area (Å²) in [5, 5.41) is 9.06. The highest BCUT2D eigenvalue weighted by molar-refractivity contribution is 7.14. The zero-order chi connectivity index (χ0) is 15.6. The first-order valence-corrected chi connectivity index (χ1v) is 8.70. The molecule has 0 aromatic carbocycles. The van der Waals surface area contributed by atoms with Crippen LogP contribution in [0.15, 0.2) is 6.07 Å². The molecule has 0 fully saturated rings. The summed E-state index contributed by atoms with van der Waals surface area (Å²) >= 11 is 1.65. The monoisotopic (exact) mass is 309 g/mol. The summed E-state index contributed by atoms with van der Waals surface area (Å²) in [6.45, 7) is 9.96. The molecule has 1 aromatic rings. The molecule has 21 heavy (non-hydrogen) atoms. The van der Waals surface area contributed by atoms with Gasteiger partial charge in [-0.3, -0.25) is 4.79 Å². The van der Waals surface area contributed by atoms with Gasteiger partial charge in [-0.15, -0.1) is 11.3 Å². The van der Waals surface area contributed by atoms with E-state index < -0.39 is 0 Å². The predicted octanol–water partition coefficient (Wildman–Crippen LogP) is 3.35. The Morgan fingerprint density at radius 1 is 1.48 bits per heavy atom. The highest BCUT2D eigenvalue weighted by atomic mass is 32.1. The Bertz CT molecular complexity index is 501. The fourth-order valence-corrected chi connectivity index (χ4v) is 4.22. The highest BCUT2D eigenvalue weighted by Gasteiger charge is 2.30. The third-order valence-electron chi connectivity index (χ3n) is 4.56. The Morgan fingerprint density at radius 2 is 2.19 bits per heavy atom. The largest absolute Gasteiger partial charge is 0.395 e. The molecule has 118 valence electrons. The summed E-state index contributed by atoms with van der Waals surface area (Å²) in [5.74, 6) is 0.764. The van der Waals surface area contributed by atoms with Crippen LogP contribution in [0.25, 0.3) is 0 Å². The van der Waals surface area contributed by atoms with E-state index in [0.717, 1.165) is 17.7 Å².